The third-order valence-corrected chi connectivity index (χ3v) is 3.37. The zero-order valence-electron chi connectivity index (χ0n) is 10.1. The molecular formula is C11H10F2N4O2S. The molecule has 9 heteroatoms. The average molecular weight is 300 g/mol. The number of rotatable bonds is 5. The zero-order chi connectivity index (χ0) is 14.7. The first kappa shape index (κ1) is 14.3. The molecule has 2 aromatic rings. The second-order valence-corrected chi connectivity index (χ2v) is 4.79. The summed E-state index contributed by atoms with van der Waals surface area (Å²) in [5, 5.41) is 16.2. The molecule has 6 nitrogen and oxygen atoms in total. The molecule has 0 bridgehead atoms. The molecule has 2 rings (SSSR count). The molecule has 0 amide bonds. The zero-order valence-corrected chi connectivity index (χ0v) is 10.9. The first-order chi connectivity index (χ1) is 9.47. The largest absolute Gasteiger partial charge is 0.481 e. The molecule has 3 N–H and O–H groups in total. The van der Waals surface area contributed by atoms with Crippen LogP contribution in [0.25, 0.3) is 0 Å². The molecule has 0 saturated carbocycles. The molecule has 0 aliphatic carbocycles. The molecule has 1 aromatic heterocycles. The van der Waals surface area contributed by atoms with Crippen LogP contribution in [0.2, 0.25) is 0 Å². The van der Waals surface area contributed by atoms with Gasteiger partial charge >= 0.3 is 5.97 Å². The fourth-order valence-corrected chi connectivity index (χ4v) is 2.17. The summed E-state index contributed by atoms with van der Waals surface area (Å²) >= 11 is 0.918. The SMILES string of the molecule is Nc1nnc(SCC(=O)O)n1Cc1ccc(F)cc1F. The molecule has 20 heavy (non-hydrogen) atoms. The number of nitrogens with two attached hydrogens (primary N) is 1. The Morgan fingerprint density at radius 1 is 1.40 bits per heavy atom. The van der Waals surface area contributed by atoms with Crippen LogP contribution in [0.15, 0.2) is 23.4 Å². The summed E-state index contributed by atoms with van der Waals surface area (Å²) in [4.78, 5) is 10.5. The molecule has 0 fully saturated rings. The van der Waals surface area contributed by atoms with Crippen molar-refractivity contribution >= 4 is 23.7 Å². The van der Waals surface area contributed by atoms with Crippen molar-refractivity contribution < 1.29 is 18.7 Å². The Morgan fingerprint density at radius 3 is 2.80 bits per heavy atom. The van der Waals surface area contributed by atoms with Crippen molar-refractivity contribution in [2.75, 3.05) is 11.5 Å². The highest BCUT2D eigenvalue weighted by atomic mass is 32.2. The van der Waals surface area contributed by atoms with Crippen molar-refractivity contribution in [3.63, 3.8) is 0 Å². The number of anilines is 1. The van der Waals surface area contributed by atoms with Crippen LogP contribution in [0, 0.1) is 11.6 Å². The Labute approximate surface area is 116 Å². The number of carbonyl (C=O) groups is 1. The van der Waals surface area contributed by atoms with E-state index in [1.54, 1.807) is 0 Å². The number of nitrogen functional groups attached to an aromatic ring is 1. The quantitative estimate of drug-likeness (QED) is 0.810. The number of hydrogen-bond acceptors (Lipinski definition) is 5. The molecule has 0 aliphatic rings. The van der Waals surface area contributed by atoms with Crippen LogP contribution in [-0.2, 0) is 11.3 Å². The van der Waals surface area contributed by atoms with Crippen LogP contribution >= 0.6 is 11.8 Å². The number of carboxylic acid groups (broad SMARTS) is 1. The second kappa shape index (κ2) is 5.87. The summed E-state index contributed by atoms with van der Waals surface area (Å²) in [5.41, 5.74) is 5.81. The van der Waals surface area contributed by atoms with Gasteiger partial charge < -0.3 is 10.8 Å². The van der Waals surface area contributed by atoms with Gasteiger partial charge in [-0.3, -0.25) is 9.36 Å². The fraction of sp³-hybridized carbons (Fsp3) is 0.182. The number of nitrogens with zero attached hydrogens (tertiary/aromatic N) is 3. The van der Waals surface area contributed by atoms with Crippen molar-refractivity contribution in [1.82, 2.24) is 14.8 Å². The lowest BCUT2D eigenvalue weighted by molar-refractivity contribution is -0.133. The number of halogens is 2. The Morgan fingerprint density at radius 2 is 2.15 bits per heavy atom. The predicted octanol–water partition coefficient (Wildman–Crippen LogP) is 1.36. The first-order valence-corrected chi connectivity index (χ1v) is 6.43. The van der Waals surface area contributed by atoms with E-state index in [2.05, 4.69) is 10.2 Å². The number of thioether (sulfide) groups is 1. The predicted molar refractivity (Wildman–Crippen MR) is 68.3 cm³/mol. The Balaban J connectivity index is 2.24. The minimum absolute atomic E-state index is 0.00704. The third-order valence-electron chi connectivity index (χ3n) is 2.41. The molecular weight excluding hydrogens is 290 g/mol. The molecule has 0 spiro atoms. The highest BCUT2D eigenvalue weighted by Gasteiger charge is 2.14. The van der Waals surface area contributed by atoms with E-state index >= 15 is 0 Å². The highest BCUT2D eigenvalue weighted by molar-refractivity contribution is 7.99. The minimum Gasteiger partial charge on any atom is -0.481 e. The van der Waals surface area contributed by atoms with Crippen LogP contribution < -0.4 is 5.73 Å². The fourth-order valence-electron chi connectivity index (χ4n) is 1.50. The number of benzene rings is 1. The number of carboxylic acids is 1. The summed E-state index contributed by atoms with van der Waals surface area (Å²) in [6.45, 7) is -0.00704. The van der Waals surface area contributed by atoms with E-state index in [-0.39, 0.29) is 29.0 Å². The second-order valence-electron chi connectivity index (χ2n) is 3.85. The van der Waals surface area contributed by atoms with E-state index in [1.807, 2.05) is 0 Å². The van der Waals surface area contributed by atoms with Crippen molar-refractivity contribution in [3.05, 3.63) is 35.4 Å². The smallest absolute Gasteiger partial charge is 0.313 e. The van der Waals surface area contributed by atoms with E-state index in [9.17, 15) is 13.6 Å². The Bertz CT molecular complexity index is 647. The van der Waals surface area contributed by atoms with E-state index < -0.39 is 17.6 Å². The maximum Gasteiger partial charge on any atom is 0.313 e. The lowest BCUT2D eigenvalue weighted by Crippen LogP contribution is -2.09. The van der Waals surface area contributed by atoms with Crippen molar-refractivity contribution in [2.24, 2.45) is 0 Å². The van der Waals surface area contributed by atoms with Gasteiger partial charge in [0.05, 0.1) is 12.3 Å². The maximum absolute atomic E-state index is 13.6. The number of aliphatic carboxylic acids is 1. The lowest BCUT2D eigenvalue weighted by atomic mass is 10.2. The molecule has 1 heterocycles. The van der Waals surface area contributed by atoms with Crippen molar-refractivity contribution in [1.29, 1.82) is 0 Å². The third kappa shape index (κ3) is 3.23. The topological polar surface area (TPSA) is 94.0 Å². The normalized spacial score (nSPS) is 10.7. The van der Waals surface area contributed by atoms with Crippen LogP contribution in [0.3, 0.4) is 0 Å². The molecule has 0 radical (unpaired) electrons. The summed E-state index contributed by atoms with van der Waals surface area (Å²) in [7, 11) is 0. The average Bonchev–Trinajstić information content (AvgIpc) is 2.71. The Hall–Kier alpha value is -2.16. The van der Waals surface area contributed by atoms with E-state index in [1.165, 1.54) is 10.6 Å². The van der Waals surface area contributed by atoms with Gasteiger partial charge in [0, 0.05) is 11.6 Å². The van der Waals surface area contributed by atoms with Crippen LogP contribution in [0.4, 0.5) is 14.7 Å². The maximum atomic E-state index is 13.6. The van der Waals surface area contributed by atoms with E-state index in [0.29, 0.717) is 0 Å². The van der Waals surface area contributed by atoms with Crippen LogP contribution in [0.5, 0.6) is 0 Å². The monoisotopic (exact) mass is 300 g/mol. The standard InChI is InChI=1S/C11H10F2N4O2S/c12-7-2-1-6(8(13)3-7)4-17-10(14)15-16-11(17)20-5-9(18)19/h1-3H,4-5H2,(H2,14,15)(H,18,19). The summed E-state index contributed by atoms with van der Waals surface area (Å²) in [6.07, 6.45) is 0. The molecule has 0 aliphatic heterocycles. The van der Waals surface area contributed by atoms with Gasteiger partial charge in [-0.2, -0.15) is 0 Å². The van der Waals surface area contributed by atoms with Gasteiger partial charge in [-0.05, 0) is 6.07 Å². The lowest BCUT2D eigenvalue weighted by Gasteiger charge is -2.08. The first-order valence-electron chi connectivity index (χ1n) is 5.44. The van der Waals surface area contributed by atoms with E-state index in [0.717, 1.165) is 23.9 Å². The van der Waals surface area contributed by atoms with Gasteiger partial charge in [-0.25, -0.2) is 8.78 Å². The van der Waals surface area contributed by atoms with Crippen LogP contribution in [-0.4, -0.2) is 31.6 Å². The molecule has 0 saturated heterocycles. The van der Waals surface area contributed by atoms with Gasteiger partial charge in [0.25, 0.3) is 0 Å². The van der Waals surface area contributed by atoms with Crippen molar-refractivity contribution in [2.45, 2.75) is 11.7 Å². The van der Waals surface area contributed by atoms with Gasteiger partial charge in [-0.15, -0.1) is 10.2 Å². The summed E-state index contributed by atoms with van der Waals surface area (Å²) < 4.78 is 27.8. The molecule has 0 unspecified atom stereocenters. The molecule has 0 atom stereocenters. The van der Waals surface area contributed by atoms with Gasteiger partial charge in [0.1, 0.15) is 11.6 Å². The molecule has 1 aromatic carbocycles. The summed E-state index contributed by atoms with van der Waals surface area (Å²) in [6, 6.07) is 3.18. The molecule has 106 valence electrons. The highest BCUT2D eigenvalue weighted by Crippen LogP contribution is 2.20. The van der Waals surface area contributed by atoms with Crippen molar-refractivity contribution in [3.8, 4) is 0 Å². The van der Waals surface area contributed by atoms with Crippen LogP contribution in [0.1, 0.15) is 5.56 Å². The summed E-state index contributed by atoms with van der Waals surface area (Å²) in [5.74, 6) is -2.60. The van der Waals surface area contributed by atoms with Gasteiger partial charge in [0.2, 0.25) is 5.95 Å². The van der Waals surface area contributed by atoms with Gasteiger partial charge in [0.15, 0.2) is 5.16 Å². The van der Waals surface area contributed by atoms with Gasteiger partial charge in [-0.1, -0.05) is 17.8 Å². The van der Waals surface area contributed by atoms with E-state index in [4.69, 9.17) is 10.8 Å². The number of hydrogen-bond donors (Lipinski definition) is 2. The number of aromatic nitrogens is 3. The minimum atomic E-state index is -1.02. The Kier molecular flexibility index (Phi) is 4.18.